The third-order valence-corrected chi connectivity index (χ3v) is 7.49. The molecule has 3 rings (SSSR count). The summed E-state index contributed by atoms with van der Waals surface area (Å²) in [7, 11) is -0.737. The zero-order valence-electron chi connectivity index (χ0n) is 19.6. The lowest BCUT2D eigenvalue weighted by atomic mass is 10.0. The summed E-state index contributed by atoms with van der Waals surface area (Å²) in [6, 6.07) is 18.9. The summed E-state index contributed by atoms with van der Waals surface area (Å²) in [5, 5.41) is 3.06. The molecule has 0 unspecified atom stereocenters. The lowest BCUT2D eigenvalue weighted by Crippen LogP contribution is -2.32. The molecular weight excluding hydrogens is 436 g/mol. The minimum atomic E-state index is -3.82. The van der Waals surface area contributed by atoms with E-state index in [2.05, 4.69) is 5.32 Å². The molecule has 174 valence electrons. The third kappa shape index (κ3) is 5.20. The Labute approximate surface area is 196 Å². The smallest absolute Gasteiger partial charge is 0.264 e. The standard InChI is InChI=1S/C26H30N2O4S/c1-6-23(20-13-16-25(32-5)19(3)17-20)27-26(29)22-9-7-8-10-24(22)28(4)33(30,31)21-14-11-18(2)12-15-21/h7-17,23H,6H2,1-5H3,(H,27,29)/t23-/m1/s1. The number of methoxy groups -OCH3 is 1. The van der Waals surface area contributed by atoms with Gasteiger partial charge in [0.2, 0.25) is 0 Å². The molecule has 33 heavy (non-hydrogen) atoms. The molecule has 0 saturated heterocycles. The van der Waals surface area contributed by atoms with Gasteiger partial charge in [-0.15, -0.1) is 0 Å². The van der Waals surface area contributed by atoms with Gasteiger partial charge in [0.15, 0.2) is 0 Å². The molecule has 1 atom stereocenters. The number of carbonyl (C=O) groups is 1. The van der Waals surface area contributed by atoms with Crippen LogP contribution in [-0.4, -0.2) is 28.5 Å². The number of aryl methyl sites for hydroxylation is 2. The summed E-state index contributed by atoms with van der Waals surface area (Å²) in [5.41, 5.74) is 3.51. The van der Waals surface area contributed by atoms with Crippen LogP contribution in [0.4, 0.5) is 5.69 Å². The van der Waals surface area contributed by atoms with Crippen molar-refractivity contribution in [2.75, 3.05) is 18.5 Å². The van der Waals surface area contributed by atoms with E-state index in [4.69, 9.17) is 4.74 Å². The predicted octanol–water partition coefficient (Wildman–Crippen LogP) is 5.02. The molecule has 3 aromatic rings. The Balaban J connectivity index is 1.90. The Morgan fingerprint density at radius 3 is 2.30 bits per heavy atom. The third-order valence-electron chi connectivity index (χ3n) is 5.70. The molecule has 0 fully saturated rings. The van der Waals surface area contributed by atoms with Gasteiger partial charge in [-0.05, 0) is 61.7 Å². The average Bonchev–Trinajstić information content (AvgIpc) is 2.82. The fraction of sp³-hybridized carbons (Fsp3) is 0.269. The van der Waals surface area contributed by atoms with E-state index in [1.807, 2.05) is 39.0 Å². The number of benzene rings is 3. The summed E-state index contributed by atoms with van der Waals surface area (Å²) >= 11 is 0. The van der Waals surface area contributed by atoms with Gasteiger partial charge in [0.05, 0.1) is 29.3 Å². The van der Waals surface area contributed by atoms with Crippen molar-refractivity contribution in [1.29, 1.82) is 0 Å². The van der Waals surface area contributed by atoms with Gasteiger partial charge in [0, 0.05) is 7.05 Å². The van der Waals surface area contributed by atoms with Crippen molar-refractivity contribution in [3.8, 4) is 5.75 Å². The molecule has 0 spiro atoms. The SMILES string of the molecule is CC[C@@H](NC(=O)c1ccccc1N(C)S(=O)(=O)c1ccc(C)cc1)c1ccc(OC)c(C)c1. The zero-order valence-corrected chi connectivity index (χ0v) is 20.4. The van der Waals surface area contributed by atoms with E-state index in [0.717, 1.165) is 26.7 Å². The molecule has 3 aromatic carbocycles. The quantitative estimate of drug-likeness (QED) is 0.506. The number of nitrogens with zero attached hydrogens (tertiary/aromatic N) is 1. The molecule has 0 aliphatic rings. The first-order valence-electron chi connectivity index (χ1n) is 10.8. The van der Waals surface area contributed by atoms with Crippen molar-refractivity contribution in [2.24, 2.45) is 0 Å². The van der Waals surface area contributed by atoms with Gasteiger partial charge in [-0.3, -0.25) is 9.10 Å². The number of anilines is 1. The summed E-state index contributed by atoms with van der Waals surface area (Å²) < 4.78 is 32.9. The maximum absolute atomic E-state index is 13.3. The van der Waals surface area contributed by atoms with Crippen molar-refractivity contribution >= 4 is 21.6 Å². The van der Waals surface area contributed by atoms with Crippen LogP contribution in [-0.2, 0) is 10.0 Å². The van der Waals surface area contributed by atoms with Crippen molar-refractivity contribution < 1.29 is 17.9 Å². The molecule has 0 bridgehead atoms. The van der Waals surface area contributed by atoms with E-state index in [1.54, 1.807) is 55.6 Å². The van der Waals surface area contributed by atoms with Gasteiger partial charge in [-0.1, -0.05) is 48.9 Å². The maximum Gasteiger partial charge on any atom is 0.264 e. The van der Waals surface area contributed by atoms with Gasteiger partial charge in [-0.25, -0.2) is 8.42 Å². The number of carbonyl (C=O) groups excluding carboxylic acids is 1. The average molecular weight is 467 g/mol. The number of amides is 1. The Morgan fingerprint density at radius 1 is 1.03 bits per heavy atom. The van der Waals surface area contributed by atoms with Crippen LogP contribution >= 0.6 is 0 Å². The highest BCUT2D eigenvalue weighted by atomic mass is 32.2. The van der Waals surface area contributed by atoms with Crippen molar-refractivity contribution in [3.05, 3.63) is 89.0 Å². The van der Waals surface area contributed by atoms with Gasteiger partial charge in [0.1, 0.15) is 5.75 Å². The minimum absolute atomic E-state index is 0.172. The Kier molecular flexibility index (Phi) is 7.43. The van der Waals surface area contributed by atoms with E-state index in [0.29, 0.717) is 17.7 Å². The molecule has 0 aliphatic heterocycles. The van der Waals surface area contributed by atoms with E-state index < -0.39 is 10.0 Å². The molecule has 7 heteroatoms. The number of nitrogens with one attached hydrogen (secondary N) is 1. The van der Waals surface area contributed by atoms with E-state index in [-0.39, 0.29) is 16.8 Å². The zero-order chi connectivity index (χ0) is 24.2. The largest absolute Gasteiger partial charge is 0.496 e. The van der Waals surface area contributed by atoms with Crippen molar-refractivity contribution in [1.82, 2.24) is 5.32 Å². The Hall–Kier alpha value is -3.32. The number of hydrogen-bond acceptors (Lipinski definition) is 4. The van der Waals surface area contributed by atoms with Gasteiger partial charge in [0.25, 0.3) is 15.9 Å². The van der Waals surface area contributed by atoms with Crippen LogP contribution in [0.1, 0.15) is 46.4 Å². The summed E-state index contributed by atoms with van der Waals surface area (Å²) in [5.74, 6) is 0.449. The number of para-hydroxylation sites is 1. The van der Waals surface area contributed by atoms with Gasteiger partial charge in [-0.2, -0.15) is 0 Å². The summed E-state index contributed by atoms with van der Waals surface area (Å²) in [4.78, 5) is 13.4. The Morgan fingerprint density at radius 2 is 1.70 bits per heavy atom. The topological polar surface area (TPSA) is 75.7 Å². The van der Waals surface area contributed by atoms with E-state index in [1.165, 1.54) is 7.05 Å². The van der Waals surface area contributed by atoms with Crippen LogP contribution in [0.5, 0.6) is 5.75 Å². The lowest BCUT2D eigenvalue weighted by Gasteiger charge is -2.24. The normalized spacial score (nSPS) is 12.2. The molecular formula is C26H30N2O4S. The number of rotatable bonds is 8. The van der Waals surface area contributed by atoms with Crippen LogP contribution < -0.4 is 14.4 Å². The van der Waals surface area contributed by atoms with E-state index >= 15 is 0 Å². The Bertz CT molecular complexity index is 1240. The highest BCUT2D eigenvalue weighted by Gasteiger charge is 2.26. The molecule has 0 aromatic heterocycles. The second kappa shape index (κ2) is 10.1. The van der Waals surface area contributed by atoms with Crippen LogP contribution in [0.2, 0.25) is 0 Å². The van der Waals surface area contributed by atoms with Crippen LogP contribution in [0, 0.1) is 13.8 Å². The molecule has 1 amide bonds. The highest BCUT2D eigenvalue weighted by molar-refractivity contribution is 7.92. The van der Waals surface area contributed by atoms with Gasteiger partial charge >= 0.3 is 0 Å². The highest BCUT2D eigenvalue weighted by Crippen LogP contribution is 2.28. The molecule has 6 nitrogen and oxygen atoms in total. The summed E-state index contributed by atoms with van der Waals surface area (Å²) in [6.45, 7) is 5.84. The van der Waals surface area contributed by atoms with E-state index in [9.17, 15) is 13.2 Å². The van der Waals surface area contributed by atoms with Crippen LogP contribution in [0.15, 0.2) is 71.6 Å². The van der Waals surface area contributed by atoms with Crippen molar-refractivity contribution in [2.45, 2.75) is 38.1 Å². The first kappa shape index (κ1) is 24.3. The number of sulfonamides is 1. The molecule has 1 N–H and O–H groups in total. The number of hydrogen-bond donors (Lipinski definition) is 1. The fourth-order valence-electron chi connectivity index (χ4n) is 3.71. The first-order chi connectivity index (χ1) is 15.7. The minimum Gasteiger partial charge on any atom is -0.496 e. The second-order valence-corrected chi connectivity index (χ2v) is 9.94. The molecule has 0 radical (unpaired) electrons. The molecule has 0 heterocycles. The molecule has 0 saturated carbocycles. The van der Waals surface area contributed by atoms with Crippen molar-refractivity contribution in [3.63, 3.8) is 0 Å². The van der Waals surface area contributed by atoms with Crippen LogP contribution in [0.3, 0.4) is 0 Å². The first-order valence-corrected chi connectivity index (χ1v) is 12.2. The van der Waals surface area contributed by atoms with Gasteiger partial charge < -0.3 is 10.1 Å². The summed E-state index contributed by atoms with van der Waals surface area (Å²) in [6.07, 6.45) is 0.678. The molecule has 0 aliphatic carbocycles. The monoisotopic (exact) mass is 466 g/mol. The second-order valence-electron chi connectivity index (χ2n) is 7.97. The number of ether oxygens (including phenoxy) is 1. The van der Waals surface area contributed by atoms with Crippen LogP contribution in [0.25, 0.3) is 0 Å². The lowest BCUT2D eigenvalue weighted by molar-refractivity contribution is 0.0936. The maximum atomic E-state index is 13.3. The fourth-order valence-corrected chi connectivity index (χ4v) is 4.93. The predicted molar refractivity (Wildman–Crippen MR) is 131 cm³/mol.